The summed E-state index contributed by atoms with van der Waals surface area (Å²) in [5, 5.41) is 2.44. The number of hydrogen-bond acceptors (Lipinski definition) is 1. The molecule has 0 fully saturated rings. The van der Waals surface area contributed by atoms with Gasteiger partial charge in [0.15, 0.2) is 0 Å². The maximum Gasteiger partial charge on any atom is 0.127 e. The molecular weight excluding hydrogens is 200 g/mol. The van der Waals surface area contributed by atoms with Crippen molar-refractivity contribution >= 4 is 0 Å². The monoisotopic (exact) mass is 217 g/mol. The van der Waals surface area contributed by atoms with E-state index in [9.17, 15) is 0 Å². The molecule has 16 heavy (non-hydrogen) atoms. The summed E-state index contributed by atoms with van der Waals surface area (Å²) in [5.74, 6) is 1.09. The zero-order chi connectivity index (χ0) is 10.8. The number of quaternary nitrogens is 1. The Bertz CT molecular complexity index is 444. The van der Waals surface area contributed by atoms with Crippen LogP contribution >= 0.6 is 0 Å². The first-order valence-corrected chi connectivity index (χ1v) is 5.94. The van der Waals surface area contributed by atoms with Crippen LogP contribution in [0.15, 0.2) is 41.1 Å². The molecule has 0 saturated heterocycles. The molecule has 0 aliphatic carbocycles. The zero-order valence-electron chi connectivity index (χ0n) is 9.30. The fourth-order valence-electron chi connectivity index (χ4n) is 2.52. The average Bonchev–Trinajstić information content (AvgIpc) is 2.97. The van der Waals surface area contributed by atoms with E-state index in [2.05, 4.69) is 34.3 Å². The standard InChI is InChI=1S/C13H16N2O/c1-4-13-12(14-7-9-15(13)8-1)6-5-11-3-2-10-16-11/h1-4,8,10,12,14H,5-7,9H2/p+1/t12-/m1/s1. The van der Waals surface area contributed by atoms with E-state index in [1.165, 1.54) is 12.2 Å². The van der Waals surface area contributed by atoms with E-state index in [1.54, 1.807) is 6.26 Å². The molecule has 2 aromatic rings. The van der Waals surface area contributed by atoms with Gasteiger partial charge in [0.2, 0.25) is 0 Å². The van der Waals surface area contributed by atoms with Crippen molar-refractivity contribution in [3.8, 4) is 0 Å². The minimum atomic E-state index is 0.592. The van der Waals surface area contributed by atoms with Gasteiger partial charge in [-0.1, -0.05) is 0 Å². The van der Waals surface area contributed by atoms with Gasteiger partial charge >= 0.3 is 0 Å². The zero-order valence-corrected chi connectivity index (χ0v) is 9.30. The molecule has 0 radical (unpaired) electrons. The van der Waals surface area contributed by atoms with E-state index in [-0.39, 0.29) is 0 Å². The van der Waals surface area contributed by atoms with Crippen LogP contribution in [-0.2, 0) is 13.0 Å². The van der Waals surface area contributed by atoms with Gasteiger partial charge in [0.25, 0.3) is 0 Å². The summed E-state index contributed by atoms with van der Waals surface area (Å²) in [5.41, 5.74) is 1.46. The van der Waals surface area contributed by atoms with Gasteiger partial charge in [-0.3, -0.25) is 0 Å². The van der Waals surface area contributed by atoms with Gasteiger partial charge in [-0.05, 0) is 24.3 Å². The topological polar surface area (TPSA) is 34.7 Å². The number of nitrogens with two attached hydrogens (primary N) is 1. The molecule has 1 atom stereocenters. The van der Waals surface area contributed by atoms with Gasteiger partial charge in [-0.25, -0.2) is 0 Å². The van der Waals surface area contributed by atoms with Crippen LogP contribution in [0, 0.1) is 0 Å². The van der Waals surface area contributed by atoms with E-state index in [4.69, 9.17) is 4.42 Å². The van der Waals surface area contributed by atoms with Crippen molar-refractivity contribution < 1.29 is 9.73 Å². The fourth-order valence-corrected chi connectivity index (χ4v) is 2.52. The first-order chi connectivity index (χ1) is 7.93. The number of nitrogens with zero attached hydrogens (tertiary/aromatic N) is 1. The van der Waals surface area contributed by atoms with Crippen LogP contribution in [0.4, 0.5) is 0 Å². The Morgan fingerprint density at radius 1 is 1.38 bits per heavy atom. The summed E-state index contributed by atoms with van der Waals surface area (Å²) in [6.45, 7) is 2.32. The largest absolute Gasteiger partial charge is 0.469 e. The highest BCUT2D eigenvalue weighted by molar-refractivity contribution is 5.11. The first kappa shape index (κ1) is 9.73. The summed E-state index contributed by atoms with van der Waals surface area (Å²) >= 11 is 0. The highest BCUT2D eigenvalue weighted by Gasteiger charge is 2.22. The van der Waals surface area contributed by atoms with E-state index in [1.807, 2.05) is 6.07 Å². The highest BCUT2D eigenvalue weighted by atomic mass is 16.3. The summed E-state index contributed by atoms with van der Waals surface area (Å²) < 4.78 is 7.74. The van der Waals surface area contributed by atoms with E-state index in [0.29, 0.717) is 6.04 Å². The lowest BCUT2D eigenvalue weighted by molar-refractivity contribution is -0.703. The molecule has 3 heteroatoms. The van der Waals surface area contributed by atoms with Crippen LogP contribution in [0.3, 0.4) is 0 Å². The van der Waals surface area contributed by atoms with Gasteiger partial charge in [0.05, 0.1) is 25.0 Å². The van der Waals surface area contributed by atoms with Gasteiger partial charge in [0, 0.05) is 19.0 Å². The molecule has 2 aromatic heterocycles. The summed E-state index contributed by atoms with van der Waals surface area (Å²) in [6, 6.07) is 9.00. The molecule has 3 rings (SSSR count). The Morgan fingerprint density at radius 2 is 2.38 bits per heavy atom. The molecule has 0 unspecified atom stereocenters. The third kappa shape index (κ3) is 1.78. The van der Waals surface area contributed by atoms with Crippen molar-refractivity contribution in [1.29, 1.82) is 0 Å². The predicted octanol–water partition coefficient (Wildman–Crippen LogP) is 1.33. The SMILES string of the molecule is c1coc(CC[C@H]2[NH2+]CCn3cccc32)c1. The molecule has 0 aromatic carbocycles. The van der Waals surface area contributed by atoms with Crippen molar-refractivity contribution in [3.63, 3.8) is 0 Å². The van der Waals surface area contributed by atoms with Gasteiger partial charge < -0.3 is 14.3 Å². The van der Waals surface area contributed by atoms with Crippen molar-refractivity contribution in [1.82, 2.24) is 4.57 Å². The Morgan fingerprint density at radius 3 is 3.25 bits per heavy atom. The number of fused-ring (bicyclic) bond motifs is 1. The van der Waals surface area contributed by atoms with Crippen LogP contribution in [0.5, 0.6) is 0 Å². The molecule has 84 valence electrons. The smallest absolute Gasteiger partial charge is 0.127 e. The molecule has 3 heterocycles. The molecule has 0 saturated carbocycles. The minimum Gasteiger partial charge on any atom is -0.469 e. The Labute approximate surface area is 95.1 Å². The Balaban J connectivity index is 1.69. The van der Waals surface area contributed by atoms with Crippen molar-refractivity contribution in [2.24, 2.45) is 0 Å². The molecule has 2 N–H and O–H groups in total. The van der Waals surface area contributed by atoms with Crippen molar-refractivity contribution in [2.75, 3.05) is 6.54 Å². The van der Waals surface area contributed by atoms with E-state index < -0.39 is 0 Å². The van der Waals surface area contributed by atoms with Gasteiger partial charge in [-0.15, -0.1) is 0 Å². The van der Waals surface area contributed by atoms with Gasteiger partial charge in [-0.2, -0.15) is 0 Å². The van der Waals surface area contributed by atoms with Crippen LogP contribution in [0.25, 0.3) is 0 Å². The Kier molecular flexibility index (Phi) is 2.54. The predicted molar refractivity (Wildman–Crippen MR) is 61.0 cm³/mol. The molecular formula is C13H17N2O+. The lowest BCUT2D eigenvalue weighted by Gasteiger charge is -2.22. The highest BCUT2D eigenvalue weighted by Crippen LogP contribution is 2.18. The molecule has 3 nitrogen and oxygen atoms in total. The summed E-state index contributed by atoms with van der Waals surface area (Å²) in [6.07, 6.45) is 6.11. The summed E-state index contributed by atoms with van der Waals surface area (Å²) in [4.78, 5) is 0. The molecule has 0 amide bonds. The number of aryl methyl sites for hydroxylation is 1. The Hall–Kier alpha value is -1.48. The van der Waals surface area contributed by atoms with E-state index in [0.717, 1.165) is 25.1 Å². The number of furan rings is 1. The number of aromatic nitrogens is 1. The number of hydrogen-bond donors (Lipinski definition) is 1. The lowest BCUT2D eigenvalue weighted by atomic mass is 10.1. The average molecular weight is 217 g/mol. The van der Waals surface area contributed by atoms with Crippen LogP contribution < -0.4 is 5.32 Å². The summed E-state index contributed by atoms with van der Waals surface area (Å²) in [7, 11) is 0. The third-order valence-electron chi connectivity index (χ3n) is 3.35. The maximum atomic E-state index is 5.37. The molecule has 0 bridgehead atoms. The maximum absolute atomic E-state index is 5.37. The first-order valence-electron chi connectivity index (χ1n) is 5.94. The van der Waals surface area contributed by atoms with Crippen molar-refractivity contribution in [2.45, 2.75) is 25.4 Å². The second-order valence-electron chi connectivity index (χ2n) is 4.38. The second kappa shape index (κ2) is 4.18. The fraction of sp³-hybridized carbons (Fsp3) is 0.385. The molecule has 0 spiro atoms. The van der Waals surface area contributed by atoms with E-state index >= 15 is 0 Å². The van der Waals surface area contributed by atoms with Crippen LogP contribution in [0.2, 0.25) is 0 Å². The number of rotatable bonds is 3. The van der Waals surface area contributed by atoms with Crippen molar-refractivity contribution in [3.05, 3.63) is 48.2 Å². The normalized spacial score (nSPS) is 19.6. The second-order valence-corrected chi connectivity index (χ2v) is 4.38. The third-order valence-corrected chi connectivity index (χ3v) is 3.35. The lowest BCUT2D eigenvalue weighted by Crippen LogP contribution is -2.87. The van der Waals surface area contributed by atoms with Gasteiger partial charge in [0.1, 0.15) is 11.8 Å². The quantitative estimate of drug-likeness (QED) is 0.827. The van der Waals surface area contributed by atoms with Crippen LogP contribution in [0.1, 0.15) is 23.9 Å². The molecule has 1 aliphatic rings. The van der Waals surface area contributed by atoms with Crippen LogP contribution in [-0.4, -0.2) is 11.1 Å². The minimum absolute atomic E-state index is 0.592. The molecule has 1 aliphatic heterocycles.